The van der Waals surface area contributed by atoms with Crippen LogP contribution in [-0.2, 0) is 12.7 Å². The Labute approximate surface area is 160 Å². The van der Waals surface area contributed by atoms with Gasteiger partial charge in [0, 0.05) is 30.2 Å². The highest BCUT2D eigenvalue weighted by molar-refractivity contribution is 5.80. The molecule has 0 spiro atoms. The monoisotopic (exact) mass is 390 g/mol. The third kappa shape index (κ3) is 3.56. The molecule has 28 heavy (non-hydrogen) atoms. The normalized spacial score (nSPS) is 18.2. The van der Waals surface area contributed by atoms with Crippen molar-refractivity contribution in [1.29, 1.82) is 0 Å². The van der Waals surface area contributed by atoms with Gasteiger partial charge in [0.1, 0.15) is 5.75 Å². The number of aromatic nitrogens is 3. The Kier molecular flexibility index (Phi) is 4.53. The van der Waals surface area contributed by atoms with E-state index in [0.29, 0.717) is 28.4 Å². The molecule has 1 atom stereocenters. The molecule has 0 bridgehead atoms. The molecule has 4 rings (SSSR count). The van der Waals surface area contributed by atoms with Crippen LogP contribution in [0.15, 0.2) is 30.5 Å². The van der Waals surface area contributed by atoms with E-state index in [2.05, 4.69) is 22.0 Å². The first-order valence-electron chi connectivity index (χ1n) is 9.14. The lowest BCUT2D eigenvalue weighted by Crippen LogP contribution is -2.17. The van der Waals surface area contributed by atoms with E-state index >= 15 is 0 Å². The van der Waals surface area contributed by atoms with Gasteiger partial charge in [0.05, 0.1) is 11.3 Å². The van der Waals surface area contributed by atoms with Gasteiger partial charge in [-0.25, -0.2) is 4.98 Å². The number of hydrogen-bond acceptors (Lipinski definition) is 4. The summed E-state index contributed by atoms with van der Waals surface area (Å²) in [5.74, 6) is 0.104. The summed E-state index contributed by atoms with van der Waals surface area (Å²) < 4.78 is 40.7. The molecule has 5 nitrogen and oxygen atoms in total. The Morgan fingerprint density at radius 2 is 2.04 bits per heavy atom. The SMILES string of the molecule is Cc1cc(C(F)(F)F)cc(O)c1-c1ccc2cn(CC3CCN(C)C3)nc2n1. The lowest BCUT2D eigenvalue weighted by molar-refractivity contribution is -0.137. The van der Waals surface area contributed by atoms with E-state index in [-0.39, 0.29) is 0 Å². The predicted octanol–water partition coefficient (Wildman–Crippen LogP) is 4.08. The molecule has 0 aliphatic carbocycles. The van der Waals surface area contributed by atoms with Gasteiger partial charge in [-0.05, 0) is 62.7 Å². The number of aryl methyl sites for hydroxylation is 1. The van der Waals surface area contributed by atoms with Crippen molar-refractivity contribution < 1.29 is 18.3 Å². The van der Waals surface area contributed by atoms with Crippen LogP contribution in [0.4, 0.5) is 13.2 Å². The number of nitrogens with zero attached hydrogens (tertiary/aromatic N) is 4. The number of aromatic hydroxyl groups is 1. The van der Waals surface area contributed by atoms with Gasteiger partial charge in [-0.2, -0.15) is 18.3 Å². The summed E-state index contributed by atoms with van der Waals surface area (Å²) >= 11 is 0. The van der Waals surface area contributed by atoms with E-state index in [1.807, 2.05) is 16.9 Å². The first kappa shape index (κ1) is 18.7. The summed E-state index contributed by atoms with van der Waals surface area (Å²) in [6.07, 6.45) is -1.45. The average Bonchev–Trinajstić information content (AvgIpc) is 3.18. The van der Waals surface area contributed by atoms with E-state index in [1.54, 1.807) is 6.07 Å². The van der Waals surface area contributed by atoms with E-state index in [9.17, 15) is 18.3 Å². The maximum Gasteiger partial charge on any atom is 0.416 e. The van der Waals surface area contributed by atoms with Crippen LogP contribution in [0.2, 0.25) is 0 Å². The Morgan fingerprint density at radius 3 is 2.68 bits per heavy atom. The van der Waals surface area contributed by atoms with Crippen LogP contribution < -0.4 is 0 Å². The van der Waals surface area contributed by atoms with Gasteiger partial charge in [0.2, 0.25) is 0 Å². The lowest BCUT2D eigenvalue weighted by atomic mass is 10.00. The van der Waals surface area contributed by atoms with Crippen molar-refractivity contribution in [2.24, 2.45) is 5.92 Å². The number of fused-ring (bicyclic) bond motifs is 1. The first-order valence-corrected chi connectivity index (χ1v) is 9.14. The quantitative estimate of drug-likeness (QED) is 0.732. The van der Waals surface area contributed by atoms with Crippen LogP contribution in [0.3, 0.4) is 0 Å². The second-order valence-corrected chi connectivity index (χ2v) is 7.56. The van der Waals surface area contributed by atoms with Gasteiger partial charge in [-0.3, -0.25) is 4.68 Å². The van der Waals surface area contributed by atoms with Crippen LogP contribution in [0.1, 0.15) is 17.5 Å². The number of phenolic OH excluding ortho intramolecular Hbond substituents is 1. The van der Waals surface area contributed by atoms with Crippen LogP contribution in [0.25, 0.3) is 22.3 Å². The molecule has 3 aromatic rings. The predicted molar refractivity (Wildman–Crippen MR) is 100.0 cm³/mol. The van der Waals surface area contributed by atoms with E-state index in [0.717, 1.165) is 43.6 Å². The maximum absolute atomic E-state index is 12.9. The maximum atomic E-state index is 12.9. The Morgan fingerprint density at radius 1 is 1.25 bits per heavy atom. The van der Waals surface area contributed by atoms with Gasteiger partial charge < -0.3 is 10.0 Å². The minimum absolute atomic E-state index is 0.293. The lowest BCUT2D eigenvalue weighted by Gasteiger charge is -2.13. The third-order valence-electron chi connectivity index (χ3n) is 5.25. The zero-order valence-corrected chi connectivity index (χ0v) is 15.7. The summed E-state index contributed by atoms with van der Waals surface area (Å²) in [7, 11) is 2.10. The highest BCUT2D eigenvalue weighted by Gasteiger charge is 2.32. The zero-order valence-electron chi connectivity index (χ0n) is 15.7. The molecular formula is C20H21F3N4O. The summed E-state index contributed by atoms with van der Waals surface area (Å²) in [4.78, 5) is 6.78. The summed E-state index contributed by atoms with van der Waals surface area (Å²) in [5.41, 5.74) is 0.650. The fourth-order valence-corrected chi connectivity index (χ4v) is 3.89. The Balaban J connectivity index is 1.66. The standard InChI is InChI=1S/C20H21F3N4O/c1-12-7-15(20(21,22)23)8-17(28)18(12)16-4-3-14-11-27(25-19(14)24-16)10-13-5-6-26(2)9-13/h3-4,7-8,11,13,28H,5-6,9-10H2,1-2H3. The van der Waals surface area contributed by atoms with Crippen LogP contribution in [-0.4, -0.2) is 44.9 Å². The number of benzene rings is 1. The van der Waals surface area contributed by atoms with E-state index in [1.165, 1.54) is 6.92 Å². The topological polar surface area (TPSA) is 54.2 Å². The van der Waals surface area contributed by atoms with Crippen molar-refractivity contribution in [3.05, 3.63) is 41.6 Å². The Hall–Kier alpha value is -2.61. The van der Waals surface area contributed by atoms with Gasteiger partial charge >= 0.3 is 6.18 Å². The molecule has 1 fully saturated rings. The molecule has 8 heteroatoms. The first-order chi connectivity index (χ1) is 13.2. The van der Waals surface area contributed by atoms with Gasteiger partial charge in [-0.15, -0.1) is 0 Å². The van der Waals surface area contributed by atoms with Crippen molar-refractivity contribution in [3.63, 3.8) is 0 Å². The highest BCUT2D eigenvalue weighted by atomic mass is 19.4. The number of pyridine rings is 1. The van der Waals surface area contributed by atoms with Crippen LogP contribution >= 0.6 is 0 Å². The van der Waals surface area contributed by atoms with Gasteiger partial charge in [0.25, 0.3) is 0 Å². The molecular weight excluding hydrogens is 369 g/mol. The van der Waals surface area contributed by atoms with E-state index in [4.69, 9.17) is 0 Å². The molecule has 1 unspecified atom stereocenters. The van der Waals surface area contributed by atoms with E-state index < -0.39 is 17.5 Å². The van der Waals surface area contributed by atoms with Crippen molar-refractivity contribution in [3.8, 4) is 17.0 Å². The second kappa shape index (κ2) is 6.77. The molecule has 2 aromatic heterocycles. The number of halogens is 3. The number of hydrogen-bond donors (Lipinski definition) is 1. The molecule has 1 aliphatic rings. The van der Waals surface area contributed by atoms with Gasteiger partial charge in [-0.1, -0.05) is 0 Å². The summed E-state index contributed by atoms with van der Waals surface area (Å²) in [6, 6.07) is 5.30. The molecule has 148 valence electrons. The minimum atomic E-state index is -4.51. The van der Waals surface area contributed by atoms with Crippen LogP contribution in [0.5, 0.6) is 5.75 Å². The summed E-state index contributed by atoms with van der Waals surface area (Å²) in [6.45, 7) is 4.46. The molecule has 3 heterocycles. The molecule has 0 amide bonds. The largest absolute Gasteiger partial charge is 0.507 e. The minimum Gasteiger partial charge on any atom is -0.507 e. The fraction of sp³-hybridized carbons (Fsp3) is 0.400. The summed E-state index contributed by atoms with van der Waals surface area (Å²) in [5, 5.41) is 15.6. The van der Waals surface area contributed by atoms with Crippen molar-refractivity contribution in [2.75, 3.05) is 20.1 Å². The molecule has 0 saturated carbocycles. The molecule has 1 aromatic carbocycles. The molecule has 1 aliphatic heterocycles. The zero-order chi connectivity index (χ0) is 20.1. The van der Waals surface area contributed by atoms with Crippen molar-refractivity contribution in [1.82, 2.24) is 19.7 Å². The second-order valence-electron chi connectivity index (χ2n) is 7.56. The van der Waals surface area contributed by atoms with Gasteiger partial charge in [0.15, 0.2) is 5.65 Å². The molecule has 1 saturated heterocycles. The van der Waals surface area contributed by atoms with Crippen molar-refractivity contribution in [2.45, 2.75) is 26.1 Å². The number of phenols is 1. The number of rotatable bonds is 3. The Bertz CT molecular complexity index is 1000. The smallest absolute Gasteiger partial charge is 0.416 e. The fourth-order valence-electron chi connectivity index (χ4n) is 3.89. The highest BCUT2D eigenvalue weighted by Crippen LogP contribution is 2.38. The van der Waals surface area contributed by atoms with Crippen LogP contribution in [0, 0.1) is 12.8 Å². The third-order valence-corrected chi connectivity index (χ3v) is 5.25. The molecule has 0 radical (unpaired) electrons. The average molecular weight is 390 g/mol. The number of alkyl halides is 3. The number of likely N-dealkylation sites (tertiary alicyclic amines) is 1. The molecule has 1 N–H and O–H groups in total. The van der Waals surface area contributed by atoms with Crippen molar-refractivity contribution >= 4 is 11.0 Å².